The van der Waals surface area contributed by atoms with Crippen molar-refractivity contribution in [3.05, 3.63) is 59.9 Å². The summed E-state index contributed by atoms with van der Waals surface area (Å²) in [5, 5.41) is 2.87. The number of carbonyl (C=O) groups excluding carboxylic acids is 1. The highest BCUT2D eigenvalue weighted by atomic mass is 19.1. The molecule has 6 heteroatoms. The first-order valence-corrected chi connectivity index (χ1v) is 8.17. The number of ether oxygens (including phenoxy) is 2. The van der Waals surface area contributed by atoms with Crippen LogP contribution in [-0.2, 0) is 9.53 Å². The highest BCUT2D eigenvalue weighted by Gasteiger charge is 2.23. The minimum absolute atomic E-state index is 0.0898. The molecule has 1 amide bonds. The van der Waals surface area contributed by atoms with E-state index in [0.717, 1.165) is 5.56 Å². The zero-order valence-electron chi connectivity index (χ0n) is 14.1. The summed E-state index contributed by atoms with van der Waals surface area (Å²) < 4.78 is 24.0. The number of rotatable bonds is 5. The second-order valence-electron chi connectivity index (χ2n) is 5.93. The van der Waals surface area contributed by atoms with E-state index < -0.39 is 0 Å². The number of nitrogens with zero attached hydrogens (tertiary/aromatic N) is 1. The van der Waals surface area contributed by atoms with Crippen molar-refractivity contribution in [2.24, 2.45) is 0 Å². The number of methoxy groups -OCH3 is 1. The van der Waals surface area contributed by atoms with Gasteiger partial charge in [-0.3, -0.25) is 9.69 Å². The first kappa shape index (κ1) is 17.4. The van der Waals surface area contributed by atoms with Crippen molar-refractivity contribution in [3.63, 3.8) is 0 Å². The molecule has 0 aromatic heterocycles. The fourth-order valence-corrected chi connectivity index (χ4v) is 2.83. The van der Waals surface area contributed by atoms with Crippen LogP contribution in [-0.4, -0.2) is 44.2 Å². The maximum atomic E-state index is 13.1. The van der Waals surface area contributed by atoms with Gasteiger partial charge in [0, 0.05) is 24.8 Å². The average Bonchev–Trinajstić information content (AvgIpc) is 2.62. The molecule has 0 aliphatic carbocycles. The lowest BCUT2D eigenvalue weighted by molar-refractivity contribution is -0.119. The Morgan fingerprint density at radius 2 is 2.12 bits per heavy atom. The molecule has 132 valence electrons. The van der Waals surface area contributed by atoms with Crippen molar-refractivity contribution in [1.82, 2.24) is 4.90 Å². The minimum atomic E-state index is -0.269. The minimum Gasteiger partial charge on any atom is -0.497 e. The van der Waals surface area contributed by atoms with Gasteiger partial charge in [0.1, 0.15) is 11.6 Å². The highest BCUT2D eigenvalue weighted by molar-refractivity contribution is 5.92. The lowest BCUT2D eigenvalue weighted by Crippen LogP contribution is -2.42. The average molecular weight is 344 g/mol. The van der Waals surface area contributed by atoms with E-state index in [0.29, 0.717) is 31.1 Å². The Morgan fingerprint density at radius 3 is 2.88 bits per heavy atom. The third-order valence-electron chi connectivity index (χ3n) is 4.11. The van der Waals surface area contributed by atoms with E-state index in [1.54, 1.807) is 25.3 Å². The molecule has 1 fully saturated rings. The van der Waals surface area contributed by atoms with Crippen LogP contribution in [0.2, 0.25) is 0 Å². The summed E-state index contributed by atoms with van der Waals surface area (Å²) in [6.07, 6.45) is -0.154. The maximum absolute atomic E-state index is 13.1. The Morgan fingerprint density at radius 1 is 1.32 bits per heavy atom. The first-order valence-electron chi connectivity index (χ1n) is 8.17. The van der Waals surface area contributed by atoms with Crippen LogP contribution in [0.1, 0.15) is 11.7 Å². The van der Waals surface area contributed by atoms with Crippen molar-refractivity contribution >= 4 is 11.6 Å². The predicted molar refractivity (Wildman–Crippen MR) is 93.2 cm³/mol. The van der Waals surface area contributed by atoms with Crippen LogP contribution in [0.25, 0.3) is 0 Å². The van der Waals surface area contributed by atoms with Crippen molar-refractivity contribution in [2.75, 3.05) is 38.7 Å². The standard InChI is InChI=1S/C19H21FN2O3/c1-24-17-4-2-3-16(11-17)21-19(23)13-22-9-10-25-18(12-22)14-5-7-15(20)8-6-14/h2-8,11,18H,9-10,12-13H2,1H3,(H,21,23)/t18-/m0/s1. The SMILES string of the molecule is COc1cccc(NC(=O)CN2CCO[C@H](c3ccc(F)cc3)C2)c1. The molecule has 3 rings (SSSR count). The van der Waals surface area contributed by atoms with Crippen LogP contribution in [0.15, 0.2) is 48.5 Å². The topological polar surface area (TPSA) is 50.8 Å². The fourth-order valence-electron chi connectivity index (χ4n) is 2.83. The number of amides is 1. The number of morpholine rings is 1. The van der Waals surface area contributed by atoms with Gasteiger partial charge in [0.25, 0.3) is 0 Å². The summed E-state index contributed by atoms with van der Waals surface area (Å²) in [6, 6.07) is 13.5. The van der Waals surface area contributed by atoms with Gasteiger partial charge in [-0.25, -0.2) is 4.39 Å². The van der Waals surface area contributed by atoms with Crippen LogP contribution in [0.5, 0.6) is 5.75 Å². The Bertz CT molecular complexity index is 721. The van der Waals surface area contributed by atoms with Gasteiger partial charge in [-0.15, -0.1) is 0 Å². The van der Waals surface area contributed by atoms with Crippen LogP contribution >= 0.6 is 0 Å². The normalized spacial score (nSPS) is 17.9. The number of benzene rings is 2. The molecule has 2 aromatic rings. The molecule has 1 heterocycles. The molecule has 0 bridgehead atoms. The van der Waals surface area contributed by atoms with E-state index in [9.17, 15) is 9.18 Å². The summed E-state index contributed by atoms with van der Waals surface area (Å²) in [6.45, 7) is 2.09. The van der Waals surface area contributed by atoms with E-state index in [1.807, 2.05) is 23.1 Å². The van der Waals surface area contributed by atoms with Gasteiger partial charge < -0.3 is 14.8 Å². The zero-order chi connectivity index (χ0) is 17.6. The molecule has 1 aliphatic heterocycles. The van der Waals surface area contributed by atoms with Crippen molar-refractivity contribution < 1.29 is 18.7 Å². The molecule has 1 N–H and O–H groups in total. The molecule has 0 saturated carbocycles. The largest absolute Gasteiger partial charge is 0.497 e. The highest BCUT2D eigenvalue weighted by Crippen LogP contribution is 2.22. The maximum Gasteiger partial charge on any atom is 0.238 e. The number of nitrogens with one attached hydrogen (secondary N) is 1. The van der Waals surface area contributed by atoms with Gasteiger partial charge in [-0.2, -0.15) is 0 Å². The van der Waals surface area contributed by atoms with E-state index in [1.165, 1.54) is 12.1 Å². The number of hydrogen-bond donors (Lipinski definition) is 1. The van der Waals surface area contributed by atoms with Gasteiger partial charge in [0.05, 0.1) is 26.4 Å². The Labute approximate surface area is 146 Å². The number of carbonyl (C=O) groups is 1. The van der Waals surface area contributed by atoms with Crippen LogP contribution in [0.3, 0.4) is 0 Å². The summed E-state index contributed by atoms with van der Waals surface area (Å²) in [5.74, 6) is 0.336. The van der Waals surface area contributed by atoms with Gasteiger partial charge in [-0.1, -0.05) is 18.2 Å². The summed E-state index contributed by atoms with van der Waals surface area (Å²) in [7, 11) is 1.59. The second-order valence-corrected chi connectivity index (χ2v) is 5.93. The molecule has 0 spiro atoms. The molecule has 25 heavy (non-hydrogen) atoms. The lowest BCUT2D eigenvalue weighted by Gasteiger charge is -2.32. The molecule has 5 nitrogen and oxygen atoms in total. The van der Waals surface area contributed by atoms with E-state index in [4.69, 9.17) is 9.47 Å². The Balaban J connectivity index is 1.56. The third-order valence-corrected chi connectivity index (χ3v) is 4.11. The lowest BCUT2D eigenvalue weighted by atomic mass is 10.1. The van der Waals surface area contributed by atoms with E-state index in [2.05, 4.69) is 5.32 Å². The van der Waals surface area contributed by atoms with Gasteiger partial charge in [-0.05, 0) is 29.8 Å². The Hall–Kier alpha value is -2.44. The van der Waals surface area contributed by atoms with Crippen LogP contribution in [0.4, 0.5) is 10.1 Å². The fraction of sp³-hybridized carbons (Fsp3) is 0.316. The zero-order valence-corrected chi connectivity index (χ0v) is 14.1. The van der Waals surface area contributed by atoms with Crippen molar-refractivity contribution in [3.8, 4) is 5.75 Å². The van der Waals surface area contributed by atoms with E-state index >= 15 is 0 Å². The second kappa shape index (κ2) is 8.09. The molecule has 1 atom stereocenters. The predicted octanol–water partition coefficient (Wildman–Crippen LogP) is 2.85. The molecule has 2 aromatic carbocycles. The van der Waals surface area contributed by atoms with Crippen molar-refractivity contribution in [1.29, 1.82) is 0 Å². The van der Waals surface area contributed by atoms with Gasteiger partial charge in [0.15, 0.2) is 0 Å². The number of halogens is 1. The Kier molecular flexibility index (Phi) is 5.63. The van der Waals surface area contributed by atoms with Crippen molar-refractivity contribution in [2.45, 2.75) is 6.10 Å². The molecular formula is C19H21FN2O3. The molecule has 1 aliphatic rings. The summed E-state index contributed by atoms with van der Waals surface area (Å²) in [5.41, 5.74) is 1.62. The molecule has 1 saturated heterocycles. The van der Waals surface area contributed by atoms with Gasteiger partial charge >= 0.3 is 0 Å². The van der Waals surface area contributed by atoms with E-state index in [-0.39, 0.29) is 24.4 Å². The van der Waals surface area contributed by atoms with Crippen LogP contribution in [0, 0.1) is 5.82 Å². The number of anilines is 1. The third kappa shape index (κ3) is 4.78. The summed E-state index contributed by atoms with van der Waals surface area (Å²) >= 11 is 0. The monoisotopic (exact) mass is 344 g/mol. The first-order chi connectivity index (χ1) is 12.1. The smallest absolute Gasteiger partial charge is 0.238 e. The molecular weight excluding hydrogens is 323 g/mol. The van der Waals surface area contributed by atoms with Gasteiger partial charge in [0.2, 0.25) is 5.91 Å². The number of hydrogen-bond acceptors (Lipinski definition) is 4. The molecule has 0 unspecified atom stereocenters. The van der Waals surface area contributed by atoms with Crippen LogP contribution < -0.4 is 10.1 Å². The quantitative estimate of drug-likeness (QED) is 0.906. The molecule has 0 radical (unpaired) electrons. The summed E-state index contributed by atoms with van der Waals surface area (Å²) in [4.78, 5) is 14.3.